The molecule has 20 heavy (non-hydrogen) atoms. The van der Waals surface area contributed by atoms with Gasteiger partial charge in [-0.3, -0.25) is 0 Å². The summed E-state index contributed by atoms with van der Waals surface area (Å²) in [6.07, 6.45) is 13.6. The summed E-state index contributed by atoms with van der Waals surface area (Å²) in [5, 5.41) is 0. The van der Waals surface area contributed by atoms with E-state index in [0.717, 1.165) is 12.8 Å². The fourth-order valence-corrected chi connectivity index (χ4v) is 5.24. The quantitative estimate of drug-likeness (QED) is 0.606. The first-order valence-electron chi connectivity index (χ1n) is 8.17. The van der Waals surface area contributed by atoms with Crippen LogP contribution in [0.5, 0.6) is 0 Å². The van der Waals surface area contributed by atoms with Crippen molar-refractivity contribution in [2.45, 2.75) is 70.6 Å². The van der Waals surface area contributed by atoms with E-state index in [1.54, 1.807) is 0 Å². The van der Waals surface area contributed by atoms with Gasteiger partial charge in [-0.15, -0.1) is 0 Å². The van der Waals surface area contributed by atoms with Gasteiger partial charge in [0.2, 0.25) is 0 Å². The van der Waals surface area contributed by atoms with E-state index < -0.39 is 0 Å². The molecule has 1 unspecified atom stereocenters. The van der Waals surface area contributed by atoms with Crippen LogP contribution in [-0.2, 0) is 0 Å². The van der Waals surface area contributed by atoms with Gasteiger partial charge in [0.25, 0.3) is 0 Å². The summed E-state index contributed by atoms with van der Waals surface area (Å²) in [6, 6.07) is 0. The fourth-order valence-electron chi connectivity index (χ4n) is 4.49. The van der Waals surface area contributed by atoms with Crippen LogP contribution in [0.3, 0.4) is 0 Å². The highest BCUT2D eigenvalue weighted by molar-refractivity contribution is 7.80. The van der Waals surface area contributed by atoms with Gasteiger partial charge in [0, 0.05) is 11.3 Å². The second kappa shape index (κ2) is 7.17. The van der Waals surface area contributed by atoms with Gasteiger partial charge in [0.05, 0.1) is 9.98 Å². The molecule has 0 amide bonds. The number of rotatable bonds is 4. The fraction of sp³-hybridized carbons (Fsp3) is 0.875. The molecule has 0 aliphatic heterocycles. The number of hydrogen-bond acceptors (Lipinski definition) is 2. The highest BCUT2D eigenvalue weighted by Crippen LogP contribution is 2.48. The molecule has 2 aliphatic carbocycles. The minimum atomic E-state index is -0.0975. The lowest BCUT2D eigenvalue weighted by Gasteiger charge is -2.44. The van der Waals surface area contributed by atoms with Crippen molar-refractivity contribution < 1.29 is 0 Å². The van der Waals surface area contributed by atoms with Crippen LogP contribution >= 0.6 is 24.4 Å². The molecule has 0 bridgehead atoms. The molecule has 2 rings (SSSR count). The van der Waals surface area contributed by atoms with E-state index in [1.165, 1.54) is 57.8 Å². The lowest BCUT2D eigenvalue weighted by molar-refractivity contribution is 0.176. The molecule has 0 aromatic heterocycles. The SMILES string of the molecule is NC(=S)C(C1CCCCC1)C1(C(N)=S)CCCCCC1. The molecule has 2 aliphatic rings. The monoisotopic (exact) mass is 312 g/mol. The molecular formula is C16H28N2S2. The highest BCUT2D eigenvalue weighted by Gasteiger charge is 2.46. The van der Waals surface area contributed by atoms with Gasteiger partial charge >= 0.3 is 0 Å². The van der Waals surface area contributed by atoms with E-state index in [1.807, 2.05) is 0 Å². The molecule has 0 heterocycles. The Morgan fingerprint density at radius 3 is 1.80 bits per heavy atom. The molecule has 2 nitrogen and oxygen atoms in total. The maximum absolute atomic E-state index is 6.23. The van der Waals surface area contributed by atoms with E-state index in [0.29, 0.717) is 15.9 Å². The van der Waals surface area contributed by atoms with Crippen molar-refractivity contribution in [2.24, 2.45) is 28.7 Å². The highest BCUT2D eigenvalue weighted by atomic mass is 32.1. The van der Waals surface area contributed by atoms with E-state index >= 15 is 0 Å². The summed E-state index contributed by atoms with van der Waals surface area (Å²) < 4.78 is 0. The Hall–Kier alpha value is -0.220. The van der Waals surface area contributed by atoms with Crippen LogP contribution in [0.15, 0.2) is 0 Å². The van der Waals surface area contributed by atoms with Crippen molar-refractivity contribution in [3.05, 3.63) is 0 Å². The number of hydrogen-bond donors (Lipinski definition) is 2. The van der Waals surface area contributed by atoms with Crippen LogP contribution in [0.1, 0.15) is 70.6 Å². The van der Waals surface area contributed by atoms with Gasteiger partial charge in [0.1, 0.15) is 0 Å². The molecule has 0 saturated heterocycles. The molecule has 4 N–H and O–H groups in total. The number of nitrogens with two attached hydrogens (primary N) is 2. The molecule has 0 radical (unpaired) electrons. The summed E-state index contributed by atoms with van der Waals surface area (Å²) in [7, 11) is 0. The third-order valence-corrected chi connectivity index (χ3v) is 6.17. The Labute approximate surface area is 134 Å². The molecule has 0 aromatic carbocycles. The summed E-state index contributed by atoms with van der Waals surface area (Å²) >= 11 is 11.0. The van der Waals surface area contributed by atoms with Crippen molar-refractivity contribution in [1.29, 1.82) is 0 Å². The summed E-state index contributed by atoms with van der Waals surface area (Å²) in [5.41, 5.74) is 12.3. The summed E-state index contributed by atoms with van der Waals surface area (Å²) in [5.74, 6) is 0.828. The maximum Gasteiger partial charge on any atom is 0.0797 e. The van der Waals surface area contributed by atoms with E-state index in [-0.39, 0.29) is 11.3 Å². The maximum atomic E-state index is 6.23. The van der Waals surface area contributed by atoms with Gasteiger partial charge < -0.3 is 11.5 Å². The molecule has 2 saturated carbocycles. The van der Waals surface area contributed by atoms with Crippen LogP contribution in [0, 0.1) is 17.3 Å². The van der Waals surface area contributed by atoms with E-state index in [4.69, 9.17) is 35.9 Å². The first kappa shape index (κ1) is 16.2. The van der Waals surface area contributed by atoms with Crippen LogP contribution in [-0.4, -0.2) is 9.98 Å². The molecule has 0 spiro atoms. The normalized spacial score (nSPS) is 25.6. The minimum absolute atomic E-state index is 0.0975. The molecule has 4 heteroatoms. The van der Waals surface area contributed by atoms with Crippen molar-refractivity contribution in [1.82, 2.24) is 0 Å². The van der Waals surface area contributed by atoms with Gasteiger partial charge in [0.15, 0.2) is 0 Å². The topological polar surface area (TPSA) is 52.0 Å². The van der Waals surface area contributed by atoms with Crippen molar-refractivity contribution in [3.63, 3.8) is 0 Å². The largest absolute Gasteiger partial charge is 0.393 e. The summed E-state index contributed by atoms with van der Waals surface area (Å²) in [4.78, 5) is 1.33. The zero-order chi connectivity index (χ0) is 14.6. The van der Waals surface area contributed by atoms with Gasteiger partial charge in [-0.25, -0.2) is 0 Å². The van der Waals surface area contributed by atoms with Crippen molar-refractivity contribution in [3.8, 4) is 0 Å². The second-order valence-electron chi connectivity index (χ2n) is 6.71. The van der Waals surface area contributed by atoms with Crippen molar-refractivity contribution in [2.75, 3.05) is 0 Å². The molecule has 2 fully saturated rings. The van der Waals surface area contributed by atoms with Crippen molar-refractivity contribution >= 4 is 34.4 Å². The third-order valence-electron chi connectivity index (χ3n) is 5.51. The van der Waals surface area contributed by atoms with Gasteiger partial charge in [-0.05, 0) is 31.6 Å². The Balaban J connectivity index is 2.30. The average molecular weight is 313 g/mol. The minimum Gasteiger partial charge on any atom is -0.393 e. The van der Waals surface area contributed by atoms with E-state index in [9.17, 15) is 0 Å². The number of thiocarbonyl (C=S) groups is 2. The lowest BCUT2D eigenvalue weighted by Crippen LogP contribution is -2.50. The predicted molar refractivity (Wildman–Crippen MR) is 93.8 cm³/mol. The lowest BCUT2D eigenvalue weighted by atomic mass is 9.62. The zero-order valence-corrected chi connectivity index (χ0v) is 14.0. The van der Waals surface area contributed by atoms with Crippen LogP contribution in [0.25, 0.3) is 0 Å². The van der Waals surface area contributed by atoms with Crippen LogP contribution in [0.2, 0.25) is 0 Å². The zero-order valence-electron chi connectivity index (χ0n) is 12.4. The second-order valence-corrected chi connectivity index (χ2v) is 7.62. The van der Waals surface area contributed by atoms with Crippen LogP contribution in [0.4, 0.5) is 0 Å². The Kier molecular flexibility index (Phi) is 5.79. The molecular weight excluding hydrogens is 284 g/mol. The van der Waals surface area contributed by atoms with Crippen LogP contribution < -0.4 is 11.5 Å². The smallest absolute Gasteiger partial charge is 0.0797 e. The first-order chi connectivity index (χ1) is 9.58. The molecule has 0 aromatic rings. The standard InChI is InChI=1S/C16H28N2S2/c17-14(19)13(12-8-4-3-5-9-12)16(15(18)20)10-6-1-2-7-11-16/h12-13H,1-11H2,(H2,17,19)(H2,18,20). The third kappa shape index (κ3) is 3.33. The Morgan fingerprint density at radius 1 is 0.850 bits per heavy atom. The Morgan fingerprint density at radius 2 is 1.35 bits per heavy atom. The molecule has 1 atom stereocenters. The Bertz CT molecular complexity index is 353. The van der Waals surface area contributed by atoms with Gasteiger partial charge in [-0.2, -0.15) is 0 Å². The van der Waals surface area contributed by atoms with E-state index in [2.05, 4.69) is 0 Å². The summed E-state index contributed by atoms with van der Waals surface area (Å²) in [6.45, 7) is 0. The first-order valence-corrected chi connectivity index (χ1v) is 8.99. The average Bonchev–Trinajstić information content (AvgIpc) is 2.66. The predicted octanol–water partition coefficient (Wildman–Crippen LogP) is 4.10. The molecule has 114 valence electrons. The van der Waals surface area contributed by atoms with Gasteiger partial charge in [-0.1, -0.05) is 69.4 Å².